The molecule has 2 fully saturated rings. The van der Waals surface area contributed by atoms with E-state index in [-0.39, 0.29) is 73.9 Å². The summed E-state index contributed by atoms with van der Waals surface area (Å²) in [7, 11) is -4.49. The van der Waals surface area contributed by atoms with Crippen molar-refractivity contribution in [2.45, 2.75) is 53.3 Å². The number of nitrogens with zero attached hydrogens (tertiary/aromatic N) is 1. The van der Waals surface area contributed by atoms with Crippen LogP contribution >= 0.6 is 0 Å². The van der Waals surface area contributed by atoms with Crippen LogP contribution in [0.1, 0.15) is 36.0 Å². The summed E-state index contributed by atoms with van der Waals surface area (Å²) in [6.45, 7) is 1.15. The van der Waals surface area contributed by atoms with Gasteiger partial charge in [-0.3, -0.25) is 4.79 Å². The number of carbonyl (C=O) groups excluding carboxylic acids is 1. The Bertz CT molecular complexity index is 1420. The summed E-state index contributed by atoms with van der Waals surface area (Å²) < 4.78 is 142. The lowest BCUT2D eigenvalue weighted by molar-refractivity contribution is -0.348. The molecule has 224 valence electrons. The van der Waals surface area contributed by atoms with Gasteiger partial charge < -0.3 is 9.64 Å². The van der Waals surface area contributed by atoms with E-state index in [0.29, 0.717) is 12.1 Å². The Hall–Kier alpha value is -2.74. The number of hydrogen-bond acceptors (Lipinski definition) is 4. The van der Waals surface area contributed by atoms with Gasteiger partial charge in [-0.2, -0.15) is 26.3 Å². The molecule has 3 aliphatic rings. The first-order chi connectivity index (χ1) is 19.1. The third-order valence-electron chi connectivity index (χ3n) is 8.62. The number of morpholine rings is 1. The lowest BCUT2D eigenvalue weighted by Crippen LogP contribution is -2.51. The summed E-state index contributed by atoms with van der Waals surface area (Å²) in [5, 5.41) is 0. The number of sulfone groups is 1. The Morgan fingerprint density at radius 1 is 0.902 bits per heavy atom. The van der Waals surface area contributed by atoms with Gasteiger partial charge in [-0.1, -0.05) is 18.2 Å². The van der Waals surface area contributed by atoms with Crippen LogP contribution in [0.25, 0.3) is 0 Å². The Morgan fingerprint density at radius 3 is 2.10 bits per heavy atom. The zero-order valence-corrected chi connectivity index (χ0v) is 22.2. The topological polar surface area (TPSA) is 63.7 Å². The van der Waals surface area contributed by atoms with Crippen LogP contribution in [0, 0.1) is 17.7 Å². The first-order valence-electron chi connectivity index (χ1n) is 12.9. The van der Waals surface area contributed by atoms with Crippen molar-refractivity contribution in [1.82, 2.24) is 4.90 Å². The maximum atomic E-state index is 14.9. The highest BCUT2D eigenvalue weighted by Gasteiger charge is 2.74. The van der Waals surface area contributed by atoms with Gasteiger partial charge in [-0.05, 0) is 67.0 Å². The van der Waals surface area contributed by atoms with E-state index < -0.39 is 55.8 Å². The van der Waals surface area contributed by atoms with Gasteiger partial charge in [-0.15, -0.1) is 0 Å². The van der Waals surface area contributed by atoms with E-state index in [2.05, 4.69) is 0 Å². The molecule has 1 saturated heterocycles. The fraction of sp³-hybridized carbons (Fsp3) is 0.519. The van der Waals surface area contributed by atoms with Crippen LogP contribution in [0.3, 0.4) is 0 Å². The molecule has 1 saturated carbocycles. The minimum absolute atomic E-state index is 0.0606. The van der Waals surface area contributed by atoms with E-state index in [1.165, 1.54) is 0 Å². The fourth-order valence-electron chi connectivity index (χ4n) is 6.69. The molecule has 0 radical (unpaired) electrons. The van der Waals surface area contributed by atoms with Gasteiger partial charge in [0, 0.05) is 24.6 Å². The number of alkyl halides is 7. The van der Waals surface area contributed by atoms with Crippen molar-refractivity contribution in [3.8, 4) is 0 Å². The van der Waals surface area contributed by atoms with E-state index in [0.717, 1.165) is 30.3 Å². The molecule has 0 unspecified atom stereocenters. The summed E-state index contributed by atoms with van der Waals surface area (Å²) in [6, 6.07) is 5.45. The Kier molecular flexibility index (Phi) is 7.20. The summed E-state index contributed by atoms with van der Waals surface area (Å²) in [6.07, 6.45) is -13.0. The standard InChI is InChI=1S/C27H25F8NO4S/c28-18-3-5-19(6-4-18)41(38,39)24-10-9-20(23(37)36-11-13-40-14-12-36)22(24)7-1-16-15-17(2-8-21(16)24)25(29,26(30,31)32)27(33,34)35/h2-6,8,15,20,22H,1,7,9-14H2/t20-,22+,24-/m1/s1. The Morgan fingerprint density at radius 2 is 1.51 bits per heavy atom. The molecule has 0 spiro atoms. The van der Waals surface area contributed by atoms with Crippen LogP contribution in [-0.2, 0) is 36.2 Å². The lowest BCUT2D eigenvalue weighted by Gasteiger charge is -2.43. The van der Waals surface area contributed by atoms with Gasteiger partial charge in [0.25, 0.3) is 0 Å². The van der Waals surface area contributed by atoms with E-state index in [9.17, 15) is 48.3 Å². The molecule has 1 heterocycles. The molecule has 3 atom stereocenters. The van der Waals surface area contributed by atoms with E-state index in [1.54, 1.807) is 4.90 Å². The van der Waals surface area contributed by atoms with Crippen molar-refractivity contribution in [1.29, 1.82) is 0 Å². The van der Waals surface area contributed by atoms with Crippen LogP contribution in [0.5, 0.6) is 0 Å². The molecule has 0 N–H and O–H groups in total. The predicted octanol–water partition coefficient (Wildman–Crippen LogP) is 5.62. The number of ether oxygens (including phenoxy) is 1. The number of hydrogen-bond donors (Lipinski definition) is 0. The van der Waals surface area contributed by atoms with Gasteiger partial charge in [0.05, 0.1) is 18.1 Å². The zero-order valence-electron chi connectivity index (χ0n) is 21.4. The average molecular weight is 612 g/mol. The predicted molar refractivity (Wildman–Crippen MR) is 129 cm³/mol. The SMILES string of the molecule is O=C([C@@H]1CC[C@@]2(S(=O)(=O)c3ccc(F)cc3)c3ccc(C(F)(C(F)(F)F)C(F)(F)F)cc3CC[C@@H]12)N1CCOCC1. The first-order valence-corrected chi connectivity index (χ1v) is 14.4. The van der Waals surface area contributed by atoms with E-state index >= 15 is 0 Å². The maximum absolute atomic E-state index is 14.9. The summed E-state index contributed by atoms with van der Waals surface area (Å²) in [5.74, 6) is -2.73. The molecule has 1 aliphatic heterocycles. The normalized spacial score (nSPS) is 25.5. The van der Waals surface area contributed by atoms with Crippen molar-refractivity contribution < 1.29 is 53.1 Å². The van der Waals surface area contributed by atoms with Crippen LogP contribution < -0.4 is 0 Å². The minimum Gasteiger partial charge on any atom is -0.378 e. The van der Waals surface area contributed by atoms with Gasteiger partial charge >= 0.3 is 18.0 Å². The minimum atomic E-state index is -6.34. The highest BCUT2D eigenvalue weighted by molar-refractivity contribution is 7.92. The lowest BCUT2D eigenvalue weighted by atomic mass is 9.72. The number of halogens is 8. The number of carbonyl (C=O) groups is 1. The van der Waals surface area contributed by atoms with E-state index in [4.69, 9.17) is 4.74 Å². The van der Waals surface area contributed by atoms with Crippen LogP contribution in [-0.4, -0.2) is 57.9 Å². The van der Waals surface area contributed by atoms with Gasteiger partial charge in [0.2, 0.25) is 5.91 Å². The monoisotopic (exact) mass is 611 g/mol. The fourth-order valence-corrected chi connectivity index (χ4v) is 9.16. The molecule has 2 aromatic carbocycles. The second-order valence-corrected chi connectivity index (χ2v) is 12.8. The molecule has 0 bridgehead atoms. The van der Waals surface area contributed by atoms with Crippen LogP contribution in [0.2, 0.25) is 0 Å². The van der Waals surface area contributed by atoms with Crippen molar-refractivity contribution in [3.05, 3.63) is 65.0 Å². The molecular weight excluding hydrogens is 586 g/mol. The number of benzene rings is 2. The largest absolute Gasteiger partial charge is 0.435 e. The molecule has 2 aromatic rings. The van der Waals surface area contributed by atoms with Gasteiger partial charge in [0.1, 0.15) is 10.6 Å². The molecule has 2 aliphatic carbocycles. The van der Waals surface area contributed by atoms with Crippen molar-refractivity contribution in [3.63, 3.8) is 0 Å². The van der Waals surface area contributed by atoms with Crippen molar-refractivity contribution in [2.75, 3.05) is 26.3 Å². The summed E-state index contributed by atoms with van der Waals surface area (Å²) in [5.41, 5.74) is -7.65. The third kappa shape index (κ3) is 4.43. The summed E-state index contributed by atoms with van der Waals surface area (Å²) in [4.78, 5) is 14.8. The third-order valence-corrected chi connectivity index (χ3v) is 11.2. The van der Waals surface area contributed by atoms with Crippen LogP contribution in [0.4, 0.5) is 35.1 Å². The van der Waals surface area contributed by atoms with Gasteiger partial charge in [-0.25, -0.2) is 17.2 Å². The quantitative estimate of drug-likeness (QED) is 0.333. The Labute approximate surface area is 230 Å². The van der Waals surface area contributed by atoms with Crippen LogP contribution in [0.15, 0.2) is 47.4 Å². The molecule has 14 heteroatoms. The molecule has 41 heavy (non-hydrogen) atoms. The highest BCUT2D eigenvalue weighted by atomic mass is 32.2. The number of aryl methyl sites for hydroxylation is 1. The summed E-state index contributed by atoms with van der Waals surface area (Å²) >= 11 is 0. The second-order valence-electron chi connectivity index (χ2n) is 10.6. The molecular formula is C27H25F8NO4S. The molecule has 5 nitrogen and oxygen atoms in total. The van der Waals surface area contributed by atoms with Crippen molar-refractivity contribution in [2.24, 2.45) is 11.8 Å². The highest BCUT2D eigenvalue weighted by Crippen LogP contribution is 2.60. The Balaban J connectivity index is 1.68. The molecule has 1 amide bonds. The smallest absolute Gasteiger partial charge is 0.378 e. The number of amides is 1. The van der Waals surface area contributed by atoms with Gasteiger partial charge in [0.15, 0.2) is 9.84 Å². The average Bonchev–Trinajstić information content (AvgIpc) is 3.33. The number of rotatable bonds is 4. The number of fused-ring (bicyclic) bond motifs is 3. The van der Waals surface area contributed by atoms with E-state index in [1.807, 2.05) is 0 Å². The first kappa shape index (κ1) is 29.7. The van der Waals surface area contributed by atoms with Crippen molar-refractivity contribution >= 4 is 15.7 Å². The molecule has 0 aromatic heterocycles. The molecule has 5 rings (SSSR count). The zero-order chi connectivity index (χ0) is 30.0. The maximum Gasteiger partial charge on any atom is 0.435 e. The second kappa shape index (κ2) is 9.92.